The summed E-state index contributed by atoms with van der Waals surface area (Å²) in [5.74, 6) is -0.908. The van der Waals surface area contributed by atoms with Gasteiger partial charge in [-0.2, -0.15) is 5.06 Å². The van der Waals surface area contributed by atoms with Gasteiger partial charge in [-0.3, -0.25) is 24.2 Å². The van der Waals surface area contributed by atoms with Crippen LogP contribution in [-0.4, -0.2) is 122 Å². The molecule has 14 heteroatoms. The number of fused-ring (bicyclic) bond motifs is 2. The fraction of sp³-hybridized carbons (Fsp3) is 0.524. The van der Waals surface area contributed by atoms with E-state index >= 15 is 0 Å². The summed E-state index contributed by atoms with van der Waals surface area (Å²) in [6.07, 6.45) is 6.29. The van der Waals surface area contributed by atoms with Gasteiger partial charge in [0.05, 0.1) is 29.5 Å². The average molecular weight is 770 g/mol. The minimum atomic E-state index is -1.01. The van der Waals surface area contributed by atoms with E-state index in [0.717, 1.165) is 43.4 Å². The minimum absolute atomic E-state index is 0.0821. The lowest BCUT2D eigenvalue weighted by Gasteiger charge is -2.54. The molecular formula is C42H55N7O7. The zero-order chi connectivity index (χ0) is 39.7. The Balaban J connectivity index is 1.19. The summed E-state index contributed by atoms with van der Waals surface area (Å²) in [6, 6.07) is 16.0. The van der Waals surface area contributed by atoms with E-state index in [9.17, 15) is 24.3 Å². The Morgan fingerprint density at radius 2 is 1.75 bits per heavy atom. The summed E-state index contributed by atoms with van der Waals surface area (Å²) in [6.45, 7) is 9.25. The van der Waals surface area contributed by atoms with E-state index in [2.05, 4.69) is 20.2 Å². The summed E-state index contributed by atoms with van der Waals surface area (Å²) >= 11 is 0. The predicted octanol–water partition coefficient (Wildman–Crippen LogP) is 4.53. The number of carbonyl (C=O) groups excluding carboxylic acids is 4. The van der Waals surface area contributed by atoms with Gasteiger partial charge in [0.1, 0.15) is 12.6 Å². The van der Waals surface area contributed by atoms with Gasteiger partial charge in [-0.15, -0.1) is 0 Å². The number of hydrogen-bond donors (Lipinski definition) is 2. The van der Waals surface area contributed by atoms with Crippen LogP contribution < -0.4 is 5.32 Å². The molecule has 4 amide bonds. The molecule has 4 heterocycles. The van der Waals surface area contributed by atoms with Crippen LogP contribution in [0.3, 0.4) is 0 Å². The molecule has 0 aliphatic carbocycles. The lowest BCUT2D eigenvalue weighted by molar-refractivity contribution is -0.274. The Morgan fingerprint density at radius 3 is 2.52 bits per heavy atom. The number of unbranched alkanes of at least 4 members (excludes halogenated alkanes) is 2. The normalized spacial score (nSPS) is 21.9. The van der Waals surface area contributed by atoms with Crippen molar-refractivity contribution in [2.45, 2.75) is 96.7 Å². The Hall–Kier alpha value is -4.92. The molecule has 300 valence electrons. The number of benzene rings is 2. The van der Waals surface area contributed by atoms with E-state index in [1.54, 1.807) is 17.2 Å². The second kappa shape index (κ2) is 18.8. The fourth-order valence-corrected chi connectivity index (χ4v) is 7.67. The number of rotatable bonds is 15. The van der Waals surface area contributed by atoms with Crippen molar-refractivity contribution in [3.8, 4) is 0 Å². The van der Waals surface area contributed by atoms with Crippen LogP contribution in [0.1, 0.15) is 77.0 Å². The summed E-state index contributed by atoms with van der Waals surface area (Å²) < 4.78 is 5.31. The molecule has 1 aromatic heterocycles. The van der Waals surface area contributed by atoms with Crippen molar-refractivity contribution in [3.63, 3.8) is 0 Å². The average Bonchev–Trinajstić information content (AvgIpc) is 3.66. The van der Waals surface area contributed by atoms with Crippen molar-refractivity contribution >= 4 is 40.9 Å². The van der Waals surface area contributed by atoms with Crippen LogP contribution in [0.15, 0.2) is 66.9 Å². The first-order chi connectivity index (χ1) is 27.0. The molecule has 3 aliphatic heterocycles. The number of aliphatic hydroxyl groups is 1. The van der Waals surface area contributed by atoms with Crippen LogP contribution in [-0.2, 0) is 30.6 Å². The topological polar surface area (TPSA) is 158 Å². The molecular weight excluding hydrogens is 715 g/mol. The number of aliphatic hydroxyl groups excluding tert-OH is 1. The number of carbonyl (C=O) groups is 4. The summed E-state index contributed by atoms with van der Waals surface area (Å²) in [4.78, 5) is 76.6. The van der Waals surface area contributed by atoms with Crippen LogP contribution >= 0.6 is 0 Å². The number of hydrogen-bond acceptors (Lipinski definition) is 10. The van der Waals surface area contributed by atoms with E-state index in [1.807, 2.05) is 80.3 Å². The molecule has 0 saturated carbocycles. The maximum absolute atomic E-state index is 14.5. The third kappa shape index (κ3) is 10.5. The second-order valence-corrected chi connectivity index (χ2v) is 16.0. The maximum atomic E-state index is 14.5. The fourth-order valence-electron chi connectivity index (χ4n) is 7.67. The highest BCUT2D eigenvalue weighted by Gasteiger charge is 2.54. The standard InChI is InChI=1S/C42H55N7O7/c1-42(2,3)25-35-39(52)47(32-20-23-46(27-32)22-11-12-24-50)28-37-48(35)40(53)36(17-9-10-21-43-41(54)55-29-30-13-5-4-6-14-30)56-49(37)38(51)19-18-31-26-44-33-15-7-8-16-34(33)45-31/h4-8,13-16,18-19,26,32,35-37,50H,9-12,17,20-25,27-29H2,1-3H3,(H,43,54)/b19-18+/t32-,35+,36-,37+/m1/s1. The first kappa shape index (κ1) is 40.7. The van der Waals surface area contributed by atoms with Gasteiger partial charge in [0, 0.05) is 38.4 Å². The van der Waals surface area contributed by atoms with Gasteiger partial charge in [0.25, 0.3) is 11.8 Å². The largest absolute Gasteiger partial charge is 0.445 e. The van der Waals surface area contributed by atoms with Crippen LogP contribution in [0.2, 0.25) is 0 Å². The molecule has 56 heavy (non-hydrogen) atoms. The van der Waals surface area contributed by atoms with Gasteiger partial charge in [-0.25, -0.2) is 9.78 Å². The van der Waals surface area contributed by atoms with Crippen molar-refractivity contribution in [3.05, 3.63) is 78.1 Å². The van der Waals surface area contributed by atoms with Crippen molar-refractivity contribution < 1.29 is 33.9 Å². The zero-order valence-electron chi connectivity index (χ0n) is 32.7. The third-order valence-electron chi connectivity index (χ3n) is 10.5. The van der Waals surface area contributed by atoms with Gasteiger partial charge in [-0.05, 0) is 80.7 Å². The number of para-hydroxylation sites is 2. The molecule has 0 bridgehead atoms. The number of ether oxygens (including phenoxy) is 1. The molecule has 4 atom stereocenters. The van der Waals surface area contributed by atoms with Gasteiger partial charge in [0.2, 0.25) is 5.91 Å². The third-order valence-corrected chi connectivity index (χ3v) is 10.5. The Labute approximate surface area is 328 Å². The van der Waals surface area contributed by atoms with Gasteiger partial charge in [-0.1, -0.05) is 63.2 Å². The minimum Gasteiger partial charge on any atom is -0.445 e. The molecule has 14 nitrogen and oxygen atoms in total. The highest BCUT2D eigenvalue weighted by Crippen LogP contribution is 2.36. The molecule has 0 unspecified atom stereocenters. The Bertz CT molecular complexity index is 1850. The summed E-state index contributed by atoms with van der Waals surface area (Å²) in [7, 11) is 0. The van der Waals surface area contributed by atoms with Crippen molar-refractivity contribution in [1.29, 1.82) is 0 Å². The van der Waals surface area contributed by atoms with E-state index in [4.69, 9.17) is 9.57 Å². The van der Waals surface area contributed by atoms with E-state index < -0.39 is 30.3 Å². The smallest absolute Gasteiger partial charge is 0.407 e. The van der Waals surface area contributed by atoms with Gasteiger partial charge < -0.3 is 29.9 Å². The SMILES string of the molecule is CC(C)(C)C[C@H]1C(=O)N([C@@H]2CCN(CCCCO)C2)C[C@@H]2N(C(=O)/C=C/c3cnc4ccccc4n3)O[C@H](CCCCNC(=O)OCc3ccccc3)C(=O)N21. The highest BCUT2D eigenvalue weighted by molar-refractivity contribution is 5.95. The zero-order valence-corrected chi connectivity index (χ0v) is 32.7. The quantitative estimate of drug-likeness (QED) is 0.166. The first-order valence-electron chi connectivity index (χ1n) is 19.8. The number of aromatic nitrogens is 2. The second-order valence-electron chi connectivity index (χ2n) is 16.0. The molecule has 3 aliphatic rings. The van der Waals surface area contributed by atoms with Crippen molar-refractivity contribution in [1.82, 2.24) is 35.0 Å². The Morgan fingerprint density at radius 1 is 0.982 bits per heavy atom. The summed E-state index contributed by atoms with van der Waals surface area (Å²) in [5, 5.41) is 13.3. The molecule has 2 aromatic carbocycles. The molecule has 6 rings (SSSR count). The van der Waals surface area contributed by atoms with Crippen LogP contribution in [0.5, 0.6) is 0 Å². The highest BCUT2D eigenvalue weighted by atomic mass is 16.7. The number of nitrogens with zero attached hydrogens (tertiary/aromatic N) is 6. The molecule has 3 saturated heterocycles. The van der Waals surface area contributed by atoms with Gasteiger partial charge >= 0.3 is 6.09 Å². The first-order valence-corrected chi connectivity index (χ1v) is 19.8. The number of hydroxylamine groups is 2. The summed E-state index contributed by atoms with van der Waals surface area (Å²) in [5.41, 5.74) is 2.50. The molecule has 0 radical (unpaired) electrons. The van der Waals surface area contributed by atoms with E-state index in [-0.39, 0.29) is 49.5 Å². The number of amides is 4. The van der Waals surface area contributed by atoms with Crippen molar-refractivity contribution in [2.24, 2.45) is 5.41 Å². The maximum Gasteiger partial charge on any atom is 0.407 e. The monoisotopic (exact) mass is 769 g/mol. The number of likely N-dealkylation sites (tertiary alicyclic amines) is 1. The number of nitrogens with one attached hydrogen (secondary N) is 1. The number of piperazine rings is 1. The van der Waals surface area contributed by atoms with Crippen LogP contribution in [0, 0.1) is 5.41 Å². The van der Waals surface area contributed by atoms with Crippen LogP contribution in [0.4, 0.5) is 4.79 Å². The molecule has 2 N–H and O–H groups in total. The Kier molecular flexibility index (Phi) is 13.7. The van der Waals surface area contributed by atoms with E-state index in [0.29, 0.717) is 43.6 Å². The molecule has 3 fully saturated rings. The lowest BCUT2D eigenvalue weighted by Crippen LogP contribution is -2.74. The van der Waals surface area contributed by atoms with Gasteiger partial charge in [0.15, 0.2) is 12.3 Å². The predicted molar refractivity (Wildman–Crippen MR) is 210 cm³/mol. The molecule has 3 aromatic rings. The van der Waals surface area contributed by atoms with E-state index in [1.165, 1.54) is 11.1 Å². The van der Waals surface area contributed by atoms with Crippen LogP contribution in [0.25, 0.3) is 17.1 Å². The van der Waals surface area contributed by atoms with Crippen molar-refractivity contribution in [2.75, 3.05) is 39.3 Å². The lowest BCUT2D eigenvalue weighted by atomic mass is 9.85. The number of alkyl carbamates (subject to hydrolysis) is 1. The molecule has 0 spiro atoms.